The Morgan fingerprint density at radius 1 is 1.15 bits per heavy atom. The van der Waals surface area contributed by atoms with Gasteiger partial charge in [-0.1, -0.05) is 25.5 Å². The first kappa shape index (κ1) is 24.3. The number of morpholine rings is 1. The van der Waals surface area contributed by atoms with Crippen LogP contribution in [0.4, 0.5) is 5.82 Å². The fraction of sp³-hybridized carbons (Fsp3) is 0.500. The molecule has 1 aliphatic heterocycles. The summed E-state index contributed by atoms with van der Waals surface area (Å²) in [6.07, 6.45) is 3.71. The molecule has 0 unspecified atom stereocenters. The van der Waals surface area contributed by atoms with Gasteiger partial charge < -0.3 is 19.4 Å². The highest BCUT2D eigenvalue weighted by atomic mass is 32.2. The van der Waals surface area contributed by atoms with Gasteiger partial charge in [0.15, 0.2) is 17.0 Å². The summed E-state index contributed by atoms with van der Waals surface area (Å²) in [4.78, 5) is 16.2. The van der Waals surface area contributed by atoms with E-state index < -0.39 is 10.0 Å². The Labute approximate surface area is 199 Å². The lowest BCUT2D eigenvalue weighted by atomic mass is 10.2. The Morgan fingerprint density at radius 3 is 2.62 bits per heavy atom. The number of fused-ring (bicyclic) bond motifs is 1. The molecule has 0 amide bonds. The molecule has 3 N–H and O–H groups in total. The average molecular weight is 490 g/mol. The van der Waals surface area contributed by atoms with Gasteiger partial charge in [0, 0.05) is 32.7 Å². The first-order valence-electron chi connectivity index (χ1n) is 11.5. The van der Waals surface area contributed by atoms with Crippen LogP contribution in [0.15, 0.2) is 35.5 Å². The second-order valence-corrected chi connectivity index (χ2v) is 9.72. The zero-order chi connectivity index (χ0) is 24.0. The maximum absolute atomic E-state index is 11.5. The molecule has 3 heterocycles. The van der Waals surface area contributed by atoms with E-state index in [0.29, 0.717) is 36.1 Å². The number of nitrogens with zero attached hydrogens (tertiary/aromatic N) is 5. The zero-order valence-corrected chi connectivity index (χ0v) is 20.1. The van der Waals surface area contributed by atoms with E-state index in [1.165, 1.54) is 12.1 Å². The standard InChI is InChI=1S/C22H31N7O4S/c1-2-3-12-33-22-26-20(24-15-17-4-6-18(7-5-17)34(23,30)31)19-21(27-22)29(16-25-19)9-8-28-10-13-32-14-11-28/h4-7,16H,2-3,8-15H2,1H3,(H2,23,30,31)(H,24,26,27). The highest BCUT2D eigenvalue weighted by molar-refractivity contribution is 7.89. The minimum atomic E-state index is -3.72. The van der Waals surface area contributed by atoms with Gasteiger partial charge in [-0.25, -0.2) is 18.5 Å². The van der Waals surface area contributed by atoms with Crippen molar-refractivity contribution in [2.45, 2.75) is 37.8 Å². The summed E-state index contributed by atoms with van der Waals surface area (Å²) in [6, 6.07) is 6.71. The number of anilines is 1. The first-order valence-corrected chi connectivity index (χ1v) is 13.0. The third kappa shape index (κ3) is 6.20. The van der Waals surface area contributed by atoms with Gasteiger partial charge in [-0.05, 0) is 24.1 Å². The Kier molecular flexibility index (Phi) is 7.93. The van der Waals surface area contributed by atoms with Crippen molar-refractivity contribution in [3.8, 4) is 6.01 Å². The Morgan fingerprint density at radius 2 is 1.91 bits per heavy atom. The molecule has 3 aromatic rings. The molecule has 4 rings (SSSR count). The monoisotopic (exact) mass is 489 g/mol. The molecule has 0 aliphatic carbocycles. The third-order valence-electron chi connectivity index (χ3n) is 5.65. The Balaban J connectivity index is 1.53. The molecule has 34 heavy (non-hydrogen) atoms. The number of nitrogens with one attached hydrogen (secondary N) is 1. The maximum atomic E-state index is 11.5. The second kappa shape index (κ2) is 11.1. The molecule has 12 heteroatoms. The van der Waals surface area contributed by atoms with Crippen LogP contribution in [-0.2, 0) is 27.8 Å². The van der Waals surface area contributed by atoms with Crippen molar-refractivity contribution in [1.29, 1.82) is 0 Å². The predicted octanol–water partition coefficient (Wildman–Crippen LogP) is 1.60. The second-order valence-electron chi connectivity index (χ2n) is 8.16. The lowest BCUT2D eigenvalue weighted by Crippen LogP contribution is -2.38. The number of imidazole rings is 1. The van der Waals surface area contributed by atoms with Gasteiger partial charge in [-0.3, -0.25) is 4.90 Å². The number of primary sulfonamides is 1. The van der Waals surface area contributed by atoms with Gasteiger partial charge >= 0.3 is 6.01 Å². The minimum Gasteiger partial charge on any atom is -0.463 e. The van der Waals surface area contributed by atoms with Crippen LogP contribution < -0.4 is 15.2 Å². The van der Waals surface area contributed by atoms with Gasteiger partial charge in [0.2, 0.25) is 10.0 Å². The molecule has 1 saturated heterocycles. The van der Waals surface area contributed by atoms with Crippen molar-refractivity contribution < 1.29 is 17.9 Å². The summed E-state index contributed by atoms with van der Waals surface area (Å²) in [7, 11) is -3.72. The summed E-state index contributed by atoms with van der Waals surface area (Å²) in [5.41, 5.74) is 2.24. The topological polar surface area (TPSA) is 137 Å². The van der Waals surface area contributed by atoms with Crippen LogP contribution in [-0.4, -0.2) is 72.3 Å². The molecule has 0 radical (unpaired) electrons. The number of sulfonamides is 1. The first-order chi connectivity index (χ1) is 16.4. The summed E-state index contributed by atoms with van der Waals surface area (Å²) in [5.74, 6) is 0.567. The van der Waals surface area contributed by atoms with Gasteiger partial charge in [0.25, 0.3) is 0 Å². The van der Waals surface area contributed by atoms with Crippen molar-refractivity contribution in [2.24, 2.45) is 5.14 Å². The molecule has 0 saturated carbocycles. The molecular formula is C22H31N7O4S. The van der Waals surface area contributed by atoms with E-state index in [9.17, 15) is 8.42 Å². The highest BCUT2D eigenvalue weighted by Gasteiger charge is 2.16. The summed E-state index contributed by atoms with van der Waals surface area (Å²) in [6.45, 7) is 8.05. The van der Waals surface area contributed by atoms with Crippen molar-refractivity contribution in [1.82, 2.24) is 24.4 Å². The normalized spacial score (nSPS) is 15.0. The van der Waals surface area contributed by atoms with Crippen LogP contribution >= 0.6 is 0 Å². The van der Waals surface area contributed by atoms with Crippen molar-refractivity contribution >= 4 is 27.0 Å². The highest BCUT2D eigenvalue weighted by Crippen LogP contribution is 2.23. The number of unbranched alkanes of at least 4 members (excludes halogenated alkanes) is 1. The number of benzene rings is 1. The fourth-order valence-electron chi connectivity index (χ4n) is 3.64. The summed E-state index contributed by atoms with van der Waals surface area (Å²) < 4.78 is 36.2. The number of ether oxygens (including phenoxy) is 2. The quantitative estimate of drug-likeness (QED) is 0.385. The molecule has 1 fully saturated rings. The number of rotatable bonds is 11. The zero-order valence-electron chi connectivity index (χ0n) is 19.3. The average Bonchev–Trinajstić information content (AvgIpc) is 3.25. The molecule has 11 nitrogen and oxygen atoms in total. The molecule has 1 aromatic carbocycles. The Hall–Kier alpha value is -2.80. The van der Waals surface area contributed by atoms with E-state index in [4.69, 9.17) is 14.6 Å². The van der Waals surface area contributed by atoms with Gasteiger partial charge in [-0.15, -0.1) is 0 Å². The van der Waals surface area contributed by atoms with Crippen molar-refractivity contribution in [3.05, 3.63) is 36.2 Å². The maximum Gasteiger partial charge on any atom is 0.320 e. The van der Waals surface area contributed by atoms with E-state index in [1.807, 2.05) is 4.57 Å². The minimum absolute atomic E-state index is 0.0753. The lowest BCUT2D eigenvalue weighted by Gasteiger charge is -2.26. The smallest absolute Gasteiger partial charge is 0.320 e. The van der Waals surface area contributed by atoms with E-state index in [-0.39, 0.29) is 4.90 Å². The molecule has 1 aliphatic rings. The van der Waals surface area contributed by atoms with Crippen molar-refractivity contribution in [2.75, 3.05) is 44.8 Å². The number of aromatic nitrogens is 4. The van der Waals surface area contributed by atoms with Crippen LogP contribution in [0.1, 0.15) is 25.3 Å². The number of nitrogens with two attached hydrogens (primary N) is 1. The molecule has 2 aromatic heterocycles. The van der Waals surface area contributed by atoms with Gasteiger partial charge in [-0.2, -0.15) is 9.97 Å². The SMILES string of the molecule is CCCCOc1nc(NCc2ccc(S(N)(=O)=O)cc2)c2ncn(CCN3CCOCC3)c2n1. The van der Waals surface area contributed by atoms with Gasteiger partial charge in [0.05, 0.1) is 31.0 Å². The van der Waals surface area contributed by atoms with Crippen LogP contribution in [0.25, 0.3) is 11.2 Å². The summed E-state index contributed by atoms with van der Waals surface area (Å²) in [5, 5.41) is 8.48. The number of hydrogen-bond acceptors (Lipinski definition) is 9. The predicted molar refractivity (Wildman–Crippen MR) is 128 cm³/mol. The van der Waals surface area contributed by atoms with Crippen LogP contribution in [0.3, 0.4) is 0 Å². The van der Waals surface area contributed by atoms with Crippen LogP contribution in [0.2, 0.25) is 0 Å². The lowest BCUT2D eigenvalue weighted by molar-refractivity contribution is 0.0365. The fourth-order valence-corrected chi connectivity index (χ4v) is 4.16. The van der Waals surface area contributed by atoms with E-state index in [1.54, 1.807) is 18.5 Å². The van der Waals surface area contributed by atoms with E-state index >= 15 is 0 Å². The van der Waals surface area contributed by atoms with Crippen molar-refractivity contribution in [3.63, 3.8) is 0 Å². The van der Waals surface area contributed by atoms with E-state index in [2.05, 4.69) is 32.1 Å². The third-order valence-corrected chi connectivity index (χ3v) is 6.57. The van der Waals surface area contributed by atoms with Crippen LogP contribution in [0.5, 0.6) is 6.01 Å². The molecular weight excluding hydrogens is 458 g/mol. The van der Waals surface area contributed by atoms with Crippen LogP contribution in [0, 0.1) is 0 Å². The van der Waals surface area contributed by atoms with Gasteiger partial charge in [0.1, 0.15) is 0 Å². The molecule has 0 spiro atoms. The summed E-state index contributed by atoms with van der Waals surface area (Å²) >= 11 is 0. The number of hydrogen-bond donors (Lipinski definition) is 2. The largest absolute Gasteiger partial charge is 0.463 e. The molecule has 0 atom stereocenters. The molecule has 184 valence electrons. The Bertz CT molecular complexity index is 1190. The van der Waals surface area contributed by atoms with E-state index in [0.717, 1.165) is 57.8 Å². The molecule has 0 bridgehead atoms.